The Morgan fingerprint density at radius 3 is 2.34 bits per heavy atom. The summed E-state index contributed by atoms with van der Waals surface area (Å²) in [7, 11) is 0. The number of carbonyl (C=O) groups excluding carboxylic acids is 1. The van der Waals surface area contributed by atoms with Gasteiger partial charge >= 0.3 is 0 Å². The van der Waals surface area contributed by atoms with Gasteiger partial charge in [-0.3, -0.25) is 9.69 Å². The molecule has 1 amide bonds. The van der Waals surface area contributed by atoms with Crippen LogP contribution in [0.5, 0.6) is 0 Å². The molecule has 0 radical (unpaired) electrons. The molecule has 0 aliphatic carbocycles. The van der Waals surface area contributed by atoms with Crippen LogP contribution in [0.2, 0.25) is 0 Å². The quantitative estimate of drug-likeness (QED) is 0.530. The number of aliphatic hydroxyl groups is 1. The zero-order valence-electron chi connectivity index (χ0n) is 19.8. The second-order valence-corrected chi connectivity index (χ2v) is 9.46. The lowest BCUT2D eigenvalue weighted by molar-refractivity contribution is -0.0606. The highest BCUT2D eigenvalue weighted by Gasteiger charge is 2.49. The summed E-state index contributed by atoms with van der Waals surface area (Å²) in [4.78, 5) is 17.4. The number of carbonyl (C=O) groups is 1. The van der Waals surface area contributed by atoms with Crippen LogP contribution in [0.25, 0.3) is 12.2 Å². The lowest BCUT2D eigenvalue weighted by atomic mass is 9.74. The third-order valence-electron chi connectivity index (χ3n) is 7.32. The Morgan fingerprint density at radius 2 is 1.63 bits per heavy atom. The van der Waals surface area contributed by atoms with E-state index in [1.807, 2.05) is 23.1 Å². The molecule has 3 aromatic carbocycles. The van der Waals surface area contributed by atoms with Crippen LogP contribution in [-0.4, -0.2) is 59.1 Å². The monoisotopic (exact) mass is 470 g/mol. The van der Waals surface area contributed by atoms with Crippen molar-refractivity contribution >= 4 is 18.1 Å². The molecule has 35 heavy (non-hydrogen) atoms. The molecule has 0 saturated carbocycles. The second kappa shape index (κ2) is 10.5. The van der Waals surface area contributed by atoms with E-state index in [1.165, 1.54) is 17.7 Å². The molecule has 2 saturated heterocycles. The Kier molecular flexibility index (Phi) is 7.07. The highest BCUT2D eigenvalue weighted by molar-refractivity contribution is 5.94. The molecule has 0 unspecified atom stereocenters. The number of rotatable bonds is 5. The number of benzene rings is 3. The van der Waals surface area contributed by atoms with Gasteiger partial charge in [-0.2, -0.15) is 0 Å². The van der Waals surface area contributed by atoms with Gasteiger partial charge in [-0.25, -0.2) is 4.39 Å². The molecule has 2 fully saturated rings. The number of nitrogens with zero attached hydrogens (tertiary/aromatic N) is 2. The highest BCUT2D eigenvalue weighted by Crippen LogP contribution is 2.42. The van der Waals surface area contributed by atoms with E-state index in [0.717, 1.165) is 30.5 Å². The van der Waals surface area contributed by atoms with Gasteiger partial charge in [0, 0.05) is 36.7 Å². The number of hydrogen-bond donors (Lipinski definition) is 1. The zero-order valence-corrected chi connectivity index (χ0v) is 19.8. The molecule has 2 aliphatic heterocycles. The van der Waals surface area contributed by atoms with Crippen molar-refractivity contribution in [1.82, 2.24) is 9.80 Å². The molecule has 5 rings (SSSR count). The third kappa shape index (κ3) is 5.07. The average molecular weight is 471 g/mol. The SMILES string of the molecule is O=C(c1cccc(F)c1)N1CCCCN2[C@@H](CO)[C@@H](c3ccc(/C=C/c4ccccc4)cc3)[C@@H]2C1. The number of aliphatic hydroxyl groups excluding tert-OH is 1. The van der Waals surface area contributed by atoms with Gasteiger partial charge in [0.2, 0.25) is 0 Å². The maximum Gasteiger partial charge on any atom is 0.254 e. The van der Waals surface area contributed by atoms with E-state index >= 15 is 0 Å². The van der Waals surface area contributed by atoms with Crippen molar-refractivity contribution in [1.29, 1.82) is 0 Å². The third-order valence-corrected chi connectivity index (χ3v) is 7.32. The first-order valence-electron chi connectivity index (χ1n) is 12.4. The summed E-state index contributed by atoms with van der Waals surface area (Å²) in [6, 6.07) is 24.9. The van der Waals surface area contributed by atoms with E-state index in [0.29, 0.717) is 18.7 Å². The van der Waals surface area contributed by atoms with E-state index < -0.39 is 5.82 Å². The van der Waals surface area contributed by atoms with E-state index in [1.54, 1.807) is 12.1 Å². The molecule has 2 aliphatic rings. The predicted octanol–water partition coefficient (Wildman–Crippen LogP) is 5.06. The van der Waals surface area contributed by atoms with Gasteiger partial charge < -0.3 is 10.0 Å². The van der Waals surface area contributed by atoms with Crippen molar-refractivity contribution in [3.8, 4) is 0 Å². The van der Waals surface area contributed by atoms with Crippen LogP contribution in [0.1, 0.15) is 45.8 Å². The minimum absolute atomic E-state index is 0.0509. The summed E-state index contributed by atoms with van der Waals surface area (Å²) >= 11 is 0. The number of fused-ring (bicyclic) bond motifs is 1. The van der Waals surface area contributed by atoms with Crippen molar-refractivity contribution in [3.63, 3.8) is 0 Å². The largest absolute Gasteiger partial charge is 0.395 e. The normalized spacial score (nSPS) is 22.8. The van der Waals surface area contributed by atoms with Gasteiger partial charge in [-0.15, -0.1) is 0 Å². The van der Waals surface area contributed by atoms with Crippen molar-refractivity contribution in [2.75, 3.05) is 26.2 Å². The first-order chi connectivity index (χ1) is 17.1. The van der Waals surface area contributed by atoms with Crippen LogP contribution in [0.3, 0.4) is 0 Å². The van der Waals surface area contributed by atoms with E-state index in [4.69, 9.17) is 0 Å². The van der Waals surface area contributed by atoms with E-state index in [9.17, 15) is 14.3 Å². The lowest BCUT2D eigenvalue weighted by Crippen LogP contribution is -2.67. The molecule has 1 N–H and O–H groups in total. The molecule has 4 nitrogen and oxygen atoms in total. The maximum atomic E-state index is 13.7. The van der Waals surface area contributed by atoms with Crippen molar-refractivity contribution < 1.29 is 14.3 Å². The standard InChI is InChI=1S/C30H31FN2O2/c31-26-10-6-9-25(19-26)30(35)32-17-4-5-18-33-27(20-32)29(28(33)21-34)24-15-13-23(14-16-24)12-11-22-7-2-1-3-8-22/h1-3,6-16,19,27-29,34H,4-5,17-18,20-21H2/b12-11+/t27-,28-,29-/m0/s1. The van der Waals surface area contributed by atoms with E-state index in [2.05, 4.69) is 53.5 Å². The number of amides is 1. The summed E-state index contributed by atoms with van der Waals surface area (Å²) in [5.41, 5.74) is 3.85. The van der Waals surface area contributed by atoms with Gasteiger partial charge in [-0.1, -0.05) is 72.8 Å². The van der Waals surface area contributed by atoms with Crippen LogP contribution in [0.4, 0.5) is 4.39 Å². The summed E-state index contributed by atoms with van der Waals surface area (Å²) in [5.74, 6) is -0.375. The minimum Gasteiger partial charge on any atom is -0.395 e. The van der Waals surface area contributed by atoms with Crippen molar-refractivity contribution in [3.05, 3.63) is 107 Å². The Hall–Kier alpha value is -3.28. The van der Waals surface area contributed by atoms with Gasteiger partial charge in [0.15, 0.2) is 0 Å². The second-order valence-electron chi connectivity index (χ2n) is 9.46. The maximum absolute atomic E-state index is 13.7. The Labute approximate surface area is 206 Å². The Bertz CT molecular complexity index is 1180. The number of halogens is 1. The summed E-state index contributed by atoms with van der Waals surface area (Å²) in [6.07, 6.45) is 6.07. The fourth-order valence-corrected chi connectivity index (χ4v) is 5.51. The molecule has 0 bridgehead atoms. The van der Waals surface area contributed by atoms with Crippen LogP contribution >= 0.6 is 0 Å². The summed E-state index contributed by atoms with van der Waals surface area (Å²) in [6.45, 7) is 2.26. The smallest absolute Gasteiger partial charge is 0.254 e. The van der Waals surface area contributed by atoms with Gasteiger partial charge in [-0.05, 0) is 54.3 Å². The molecular formula is C30H31FN2O2. The number of hydrogen-bond acceptors (Lipinski definition) is 3. The van der Waals surface area contributed by atoms with Gasteiger partial charge in [0.25, 0.3) is 5.91 Å². The van der Waals surface area contributed by atoms with Crippen LogP contribution < -0.4 is 0 Å². The molecule has 0 spiro atoms. The first-order valence-corrected chi connectivity index (χ1v) is 12.4. The molecule has 3 aromatic rings. The Morgan fingerprint density at radius 1 is 0.914 bits per heavy atom. The van der Waals surface area contributed by atoms with Crippen molar-refractivity contribution in [2.45, 2.75) is 30.8 Å². The van der Waals surface area contributed by atoms with Crippen LogP contribution in [0, 0.1) is 5.82 Å². The summed E-state index contributed by atoms with van der Waals surface area (Å²) < 4.78 is 13.7. The zero-order chi connectivity index (χ0) is 24.2. The Balaban J connectivity index is 1.34. The van der Waals surface area contributed by atoms with Crippen LogP contribution in [0.15, 0.2) is 78.9 Å². The lowest BCUT2D eigenvalue weighted by Gasteiger charge is -2.57. The van der Waals surface area contributed by atoms with Crippen molar-refractivity contribution in [2.24, 2.45) is 0 Å². The minimum atomic E-state index is -0.396. The predicted molar refractivity (Wildman–Crippen MR) is 137 cm³/mol. The molecule has 180 valence electrons. The molecule has 2 heterocycles. The molecule has 3 atom stereocenters. The molecule has 0 aromatic heterocycles. The topological polar surface area (TPSA) is 43.8 Å². The molecule has 5 heteroatoms. The fourth-order valence-electron chi connectivity index (χ4n) is 5.51. The average Bonchev–Trinajstić information content (AvgIpc) is 2.87. The molecular weight excluding hydrogens is 439 g/mol. The van der Waals surface area contributed by atoms with E-state index in [-0.39, 0.29) is 30.5 Å². The highest BCUT2D eigenvalue weighted by atomic mass is 19.1. The fraction of sp³-hybridized carbons (Fsp3) is 0.300. The first kappa shape index (κ1) is 23.5. The summed E-state index contributed by atoms with van der Waals surface area (Å²) in [5, 5.41) is 10.2. The van der Waals surface area contributed by atoms with Gasteiger partial charge in [0.05, 0.1) is 6.61 Å². The van der Waals surface area contributed by atoms with Gasteiger partial charge in [0.1, 0.15) is 5.82 Å². The van der Waals surface area contributed by atoms with Crippen LogP contribution in [-0.2, 0) is 0 Å².